The van der Waals surface area contributed by atoms with Crippen LogP contribution in [0.4, 0.5) is 0 Å². The van der Waals surface area contributed by atoms with Crippen molar-refractivity contribution >= 4 is 5.91 Å². The first-order valence-corrected chi connectivity index (χ1v) is 5.25. The van der Waals surface area contributed by atoms with E-state index >= 15 is 0 Å². The van der Waals surface area contributed by atoms with Crippen molar-refractivity contribution < 1.29 is 9.53 Å². The third-order valence-corrected chi connectivity index (χ3v) is 2.28. The van der Waals surface area contributed by atoms with Crippen molar-refractivity contribution in [2.45, 2.75) is 19.9 Å². The van der Waals surface area contributed by atoms with Crippen LogP contribution in [0.25, 0.3) is 0 Å². The number of hydrogen-bond donors (Lipinski definition) is 1. The lowest BCUT2D eigenvalue weighted by atomic mass is 10.1. The molecular weight excluding hydrogens is 202 g/mol. The smallest absolute Gasteiger partial charge is 0.244 e. The van der Waals surface area contributed by atoms with Crippen molar-refractivity contribution in [3.8, 4) is 5.75 Å². The lowest BCUT2D eigenvalue weighted by molar-refractivity contribution is -0.117. The summed E-state index contributed by atoms with van der Waals surface area (Å²) in [7, 11) is 1.62. The van der Waals surface area contributed by atoms with Gasteiger partial charge in [0.1, 0.15) is 5.75 Å². The maximum Gasteiger partial charge on any atom is 0.244 e. The van der Waals surface area contributed by atoms with Crippen LogP contribution in [-0.2, 0) is 4.79 Å². The molecule has 0 saturated heterocycles. The molecule has 0 aliphatic heterocycles. The quantitative estimate of drug-likeness (QED) is 0.790. The number of rotatable bonds is 4. The number of allylic oxidation sites excluding steroid dienone is 1. The highest BCUT2D eigenvalue weighted by molar-refractivity contribution is 5.87. The number of nitrogens with one attached hydrogen (secondary N) is 1. The zero-order valence-electron chi connectivity index (χ0n) is 9.86. The number of carbonyl (C=O) groups is 1. The van der Waals surface area contributed by atoms with E-state index in [1.165, 1.54) is 6.08 Å². The van der Waals surface area contributed by atoms with Gasteiger partial charge in [-0.2, -0.15) is 0 Å². The van der Waals surface area contributed by atoms with E-state index in [1.807, 2.05) is 38.1 Å². The summed E-state index contributed by atoms with van der Waals surface area (Å²) in [6.07, 6.45) is 3.22. The molecule has 0 unspecified atom stereocenters. The largest absolute Gasteiger partial charge is 0.496 e. The molecule has 3 heteroatoms. The summed E-state index contributed by atoms with van der Waals surface area (Å²) < 4.78 is 5.24. The molecule has 3 nitrogen and oxygen atoms in total. The molecule has 0 saturated carbocycles. The van der Waals surface area contributed by atoms with Gasteiger partial charge in [-0.05, 0) is 26.0 Å². The van der Waals surface area contributed by atoms with E-state index in [0.29, 0.717) is 0 Å². The van der Waals surface area contributed by atoms with E-state index in [1.54, 1.807) is 13.2 Å². The van der Waals surface area contributed by atoms with Crippen LogP contribution in [0.5, 0.6) is 5.75 Å². The number of carbonyl (C=O) groups excluding carboxylic acids is 1. The molecule has 0 aliphatic rings. The highest BCUT2D eigenvalue weighted by atomic mass is 16.5. The SMILES string of the molecule is C/C=C/C(=O)N[C@H](C)c1ccccc1OC. The number of para-hydroxylation sites is 1. The molecule has 1 rings (SSSR count). The molecule has 0 aliphatic carbocycles. The van der Waals surface area contributed by atoms with Crippen LogP contribution in [0.2, 0.25) is 0 Å². The molecule has 0 heterocycles. The molecule has 86 valence electrons. The number of benzene rings is 1. The van der Waals surface area contributed by atoms with Crippen LogP contribution < -0.4 is 10.1 Å². The van der Waals surface area contributed by atoms with Gasteiger partial charge in [-0.15, -0.1) is 0 Å². The molecule has 0 aromatic heterocycles. The normalized spacial score (nSPS) is 12.4. The summed E-state index contributed by atoms with van der Waals surface area (Å²) in [5.41, 5.74) is 0.975. The maximum atomic E-state index is 11.4. The number of hydrogen-bond acceptors (Lipinski definition) is 2. The molecule has 0 fully saturated rings. The highest BCUT2D eigenvalue weighted by Crippen LogP contribution is 2.24. The summed E-state index contributed by atoms with van der Waals surface area (Å²) in [5.74, 6) is 0.691. The Bertz CT molecular complexity index is 385. The van der Waals surface area contributed by atoms with Crippen molar-refractivity contribution in [3.05, 3.63) is 42.0 Å². The Morgan fingerprint density at radius 2 is 2.12 bits per heavy atom. The van der Waals surface area contributed by atoms with E-state index in [9.17, 15) is 4.79 Å². The van der Waals surface area contributed by atoms with Crippen LogP contribution in [0.1, 0.15) is 25.5 Å². The van der Waals surface area contributed by atoms with E-state index in [0.717, 1.165) is 11.3 Å². The van der Waals surface area contributed by atoms with E-state index < -0.39 is 0 Å². The number of ether oxygens (including phenoxy) is 1. The minimum absolute atomic E-state index is 0.0696. The van der Waals surface area contributed by atoms with Crippen molar-refractivity contribution in [3.63, 3.8) is 0 Å². The second kappa shape index (κ2) is 5.95. The van der Waals surface area contributed by atoms with Gasteiger partial charge in [-0.1, -0.05) is 24.3 Å². The Labute approximate surface area is 96.1 Å². The monoisotopic (exact) mass is 219 g/mol. The molecule has 1 amide bonds. The molecule has 1 atom stereocenters. The Hall–Kier alpha value is -1.77. The first kappa shape index (κ1) is 12.3. The fourth-order valence-corrected chi connectivity index (χ4v) is 1.51. The topological polar surface area (TPSA) is 38.3 Å². The van der Waals surface area contributed by atoms with E-state index in [4.69, 9.17) is 4.74 Å². The predicted octanol–water partition coefficient (Wildman–Crippen LogP) is 2.45. The Morgan fingerprint density at radius 1 is 1.44 bits per heavy atom. The van der Waals surface area contributed by atoms with Crippen LogP contribution in [0, 0.1) is 0 Å². The fraction of sp³-hybridized carbons (Fsp3) is 0.308. The minimum atomic E-state index is -0.0964. The van der Waals surface area contributed by atoms with Gasteiger partial charge < -0.3 is 10.1 Å². The average molecular weight is 219 g/mol. The fourth-order valence-electron chi connectivity index (χ4n) is 1.51. The van der Waals surface area contributed by atoms with Gasteiger partial charge in [0, 0.05) is 5.56 Å². The zero-order valence-corrected chi connectivity index (χ0v) is 9.86. The summed E-state index contributed by atoms with van der Waals surface area (Å²) >= 11 is 0. The summed E-state index contributed by atoms with van der Waals surface area (Å²) in [4.78, 5) is 11.4. The maximum absolute atomic E-state index is 11.4. The van der Waals surface area contributed by atoms with Gasteiger partial charge in [0.2, 0.25) is 5.91 Å². The van der Waals surface area contributed by atoms with Gasteiger partial charge in [0.05, 0.1) is 13.2 Å². The predicted molar refractivity (Wildman–Crippen MR) is 64.4 cm³/mol. The van der Waals surface area contributed by atoms with Gasteiger partial charge in [0.25, 0.3) is 0 Å². The third-order valence-electron chi connectivity index (χ3n) is 2.28. The molecule has 1 aromatic rings. The Balaban J connectivity index is 2.79. The average Bonchev–Trinajstić information content (AvgIpc) is 2.29. The van der Waals surface area contributed by atoms with Crippen molar-refractivity contribution in [2.24, 2.45) is 0 Å². The van der Waals surface area contributed by atoms with Crippen molar-refractivity contribution in [1.82, 2.24) is 5.32 Å². The molecule has 0 bridgehead atoms. The molecule has 0 spiro atoms. The van der Waals surface area contributed by atoms with Gasteiger partial charge in [0.15, 0.2) is 0 Å². The number of methoxy groups -OCH3 is 1. The summed E-state index contributed by atoms with van der Waals surface area (Å²) in [5, 5.41) is 2.87. The van der Waals surface area contributed by atoms with Crippen LogP contribution in [0.3, 0.4) is 0 Å². The summed E-state index contributed by atoms with van der Waals surface area (Å²) in [6, 6.07) is 7.59. The number of amides is 1. The highest BCUT2D eigenvalue weighted by Gasteiger charge is 2.11. The second-order valence-electron chi connectivity index (χ2n) is 3.47. The van der Waals surface area contributed by atoms with Gasteiger partial charge >= 0.3 is 0 Å². The van der Waals surface area contributed by atoms with Gasteiger partial charge in [-0.3, -0.25) is 4.79 Å². The molecular formula is C13H17NO2. The van der Waals surface area contributed by atoms with Crippen LogP contribution in [0.15, 0.2) is 36.4 Å². The molecule has 16 heavy (non-hydrogen) atoms. The zero-order chi connectivity index (χ0) is 12.0. The first-order chi connectivity index (χ1) is 7.69. The molecule has 0 radical (unpaired) electrons. The standard InChI is InChI=1S/C13H17NO2/c1-4-7-13(15)14-10(2)11-8-5-6-9-12(11)16-3/h4-10H,1-3H3,(H,14,15)/b7-4+/t10-/m1/s1. The van der Waals surface area contributed by atoms with Crippen LogP contribution >= 0.6 is 0 Å². The Kier molecular flexibility index (Phi) is 4.58. The van der Waals surface area contributed by atoms with Crippen molar-refractivity contribution in [1.29, 1.82) is 0 Å². The van der Waals surface area contributed by atoms with E-state index in [2.05, 4.69) is 5.32 Å². The lowest BCUT2D eigenvalue weighted by Crippen LogP contribution is -2.24. The van der Waals surface area contributed by atoms with Gasteiger partial charge in [-0.25, -0.2) is 0 Å². The molecule has 1 aromatic carbocycles. The second-order valence-corrected chi connectivity index (χ2v) is 3.47. The van der Waals surface area contributed by atoms with Crippen molar-refractivity contribution in [2.75, 3.05) is 7.11 Å². The first-order valence-electron chi connectivity index (χ1n) is 5.25. The molecule has 1 N–H and O–H groups in total. The third kappa shape index (κ3) is 3.12. The van der Waals surface area contributed by atoms with Crippen LogP contribution in [-0.4, -0.2) is 13.0 Å². The summed E-state index contributed by atoms with van der Waals surface area (Å²) in [6.45, 7) is 3.74. The Morgan fingerprint density at radius 3 is 2.75 bits per heavy atom. The minimum Gasteiger partial charge on any atom is -0.496 e. The lowest BCUT2D eigenvalue weighted by Gasteiger charge is -2.16. The van der Waals surface area contributed by atoms with E-state index in [-0.39, 0.29) is 11.9 Å².